The number of benzene rings is 1. The van der Waals surface area contributed by atoms with E-state index in [-0.39, 0.29) is 23.6 Å². The van der Waals surface area contributed by atoms with Crippen LogP contribution in [0.15, 0.2) is 40.9 Å². The number of fused-ring (bicyclic) bond motifs is 5. The van der Waals surface area contributed by atoms with E-state index in [9.17, 15) is 10.2 Å². The molecule has 2 atom stereocenters. The van der Waals surface area contributed by atoms with E-state index in [1.165, 1.54) is 4.57 Å². The standard InChI is InChI=1S/C15H12BrNO2/c16-10-3-5-11(6-4-10)17-14(18)12-8-1-2-9(7-8)13(12)15(17)19/h1-6,8-9,18-19H,7H2. The fraction of sp³-hybridized carbons (Fsp3) is 0.200. The van der Waals surface area contributed by atoms with Crippen molar-refractivity contribution >= 4 is 15.9 Å². The minimum atomic E-state index is 0.173. The first-order chi connectivity index (χ1) is 9.16. The van der Waals surface area contributed by atoms with Crippen LogP contribution in [-0.2, 0) is 0 Å². The Bertz CT molecular complexity index is 664. The van der Waals surface area contributed by atoms with Crippen LogP contribution in [0.4, 0.5) is 0 Å². The highest BCUT2D eigenvalue weighted by atomic mass is 79.9. The smallest absolute Gasteiger partial charge is 0.202 e. The van der Waals surface area contributed by atoms with Gasteiger partial charge in [0.15, 0.2) is 0 Å². The summed E-state index contributed by atoms with van der Waals surface area (Å²) >= 11 is 3.38. The zero-order valence-corrected chi connectivity index (χ0v) is 11.6. The van der Waals surface area contributed by atoms with Crippen LogP contribution in [-0.4, -0.2) is 14.8 Å². The van der Waals surface area contributed by atoms with Gasteiger partial charge in [-0.2, -0.15) is 0 Å². The lowest BCUT2D eigenvalue weighted by Gasteiger charge is -2.09. The van der Waals surface area contributed by atoms with Crippen LogP contribution in [0, 0.1) is 0 Å². The van der Waals surface area contributed by atoms with Crippen molar-refractivity contribution in [1.29, 1.82) is 0 Å². The number of hydrogen-bond acceptors (Lipinski definition) is 2. The van der Waals surface area contributed by atoms with Gasteiger partial charge in [-0.15, -0.1) is 0 Å². The number of aromatic hydroxyl groups is 2. The molecule has 4 rings (SSSR count). The molecule has 2 N–H and O–H groups in total. The van der Waals surface area contributed by atoms with Crippen molar-refractivity contribution in [3.8, 4) is 17.4 Å². The lowest BCUT2D eigenvalue weighted by atomic mass is 10.0. The van der Waals surface area contributed by atoms with Gasteiger partial charge in [-0.05, 0) is 30.7 Å². The first-order valence-corrected chi connectivity index (χ1v) is 7.07. The van der Waals surface area contributed by atoms with Crippen molar-refractivity contribution in [2.75, 3.05) is 0 Å². The van der Waals surface area contributed by atoms with E-state index in [4.69, 9.17) is 0 Å². The number of halogens is 1. The molecule has 2 bridgehead atoms. The third-order valence-electron chi connectivity index (χ3n) is 4.11. The molecule has 0 saturated carbocycles. The van der Waals surface area contributed by atoms with Gasteiger partial charge in [0.25, 0.3) is 0 Å². The predicted octanol–water partition coefficient (Wildman–Crippen LogP) is 3.79. The molecule has 0 amide bonds. The van der Waals surface area contributed by atoms with E-state index in [2.05, 4.69) is 28.1 Å². The fourth-order valence-electron chi connectivity index (χ4n) is 3.28. The molecule has 2 aromatic rings. The third-order valence-corrected chi connectivity index (χ3v) is 4.63. The summed E-state index contributed by atoms with van der Waals surface area (Å²) < 4.78 is 2.50. The van der Waals surface area contributed by atoms with Crippen molar-refractivity contribution in [3.63, 3.8) is 0 Å². The minimum Gasteiger partial charge on any atom is -0.494 e. The second kappa shape index (κ2) is 3.67. The summed E-state index contributed by atoms with van der Waals surface area (Å²) in [6, 6.07) is 7.53. The molecule has 0 radical (unpaired) electrons. The van der Waals surface area contributed by atoms with Crippen LogP contribution in [0.3, 0.4) is 0 Å². The number of aromatic nitrogens is 1. The van der Waals surface area contributed by atoms with Crippen LogP contribution < -0.4 is 0 Å². The lowest BCUT2D eigenvalue weighted by Crippen LogP contribution is -1.95. The highest BCUT2D eigenvalue weighted by molar-refractivity contribution is 9.10. The zero-order valence-electron chi connectivity index (χ0n) is 10.0. The highest BCUT2D eigenvalue weighted by Crippen LogP contribution is 2.57. The molecule has 0 aliphatic heterocycles. The molecule has 2 unspecified atom stereocenters. The van der Waals surface area contributed by atoms with E-state index < -0.39 is 0 Å². The van der Waals surface area contributed by atoms with Crippen molar-refractivity contribution in [2.45, 2.75) is 18.3 Å². The Kier molecular flexibility index (Phi) is 2.16. The monoisotopic (exact) mass is 317 g/mol. The lowest BCUT2D eigenvalue weighted by molar-refractivity contribution is 0.395. The molecule has 2 aliphatic carbocycles. The number of hydrogen-bond donors (Lipinski definition) is 2. The first kappa shape index (κ1) is 11.2. The number of allylic oxidation sites excluding steroid dienone is 2. The average molecular weight is 318 g/mol. The van der Waals surface area contributed by atoms with Gasteiger partial charge in [0, 0.05) is 27.4 Å². The Morgan fingerprint density at radius 3 is 2.00 bits per heavy atom. The first-order valence-electron chi connectivity index (χ1n) is 6.27. The molecule has 1 aromatic heterocycles. The molecule has 1 heterocycles. The number of rotatable bonds is 1. The van der Waals surface area contributed by atoms with Crippen molar-refractivity contribution < 1.29 is 10.2 Å². The molecule has 19 heavy (non-hydrogen) atoms. The van der Waals surface area contributed by atoms with Gasteiger partial charge in [-0.3, -0.25) is 4.57 Å². The predicted molar refractivity (Wildman–Crippen MR) is 76.0 cm³/mol. The maximum atomic E-state index is 10.4. The molecule has 0 spiro atoms. The molecule has 2 aliphatic rings. The van der Waals surface area contributed by atoms with Crippen LogP contribution in [0.25, 0.3) is 5.69 Å². The Morgan fingerprint density at radius 1 is 0.947 bits per heavy atom. The summed E-state index contributed by atoms with van der Waals surface area (Å²) in [5.41, 5.74) is 2.56. The minimum absolute atomic E-state index is 0.173. The second-order valence-corrected chi connectivity index (χ2v) is 6.04. The third kappa shape index (κ3) is 1.38. The molecule has 96 valence electrons. The second-order valence-electron chi connectivity index (χ2n) is 5.12. The quantitative estimate of drug-likeness (QED) is 0.786. The van der Waals surface area contributed by atoms with E-state index in [1.54, 1.807) is 0 Å². The molecule has 1 aromatic carbocycles. The fourth-order valence-corrected chi connectivity index (χ4v) is 3.54. The number of nitrogens with zero attached hydrogens (tertiary/aromatic N) is 1. The Hall–Kier alpha value is -1.68. The topological polar surface area (TPSA) is 45.4 Å². The van der Waals surface area contributed by atoms with Gasteiger partial charge in [0.1, 0.15) is 0 Å². The maximum absolute atomic E-state index is 10.4. The molecule has 4 heteroatoms. The van der Waals surface area contributed by atoms with Gasteiger partial charge >= 0.3 is 0 Å². The van der Waals surface area contributed by atoms with Crippen LogP contribution in [0.1, 0.15) is 29.4 Å². The summed E-state index contributed by atoms with van der Waals surface area (Å²) in [7, 11) is 0. The Balaban J connectivity index is 1.94. The van der Waals surface area contributed by atoms with E-state index in [0.29, 0.717) is 0 Å². The van der Waals surface area contributed by atoms with Gasteiger partial charge in [0.05, 0.1) is 5.69 Å². The maximum Gasteiger partial charge on any atom is 0.202 e. The normalized spacial score (nSPS) is 23.0. The Labute approximate surface area is 118 Å². The van der Waals surface area contributed by atoms with E-state index >= 15 is 0 Å². The van der Waals surface area contributed by atoms with Crippen molar-refractivity contribution in [1.82, 2.24) is 4.57 Å². The average Bonchev–Trinajstić information content (AvgIpc) is 3.06. The highest BCUT2D eigenvalue weighted by Gasteiger charge is 2.41. The van der Waals surface area contributed by atoms with Gasteiger partial charge in [0.2, 0.25) is 11.8 Å². The van der Waals surface area contributed by atoms with Crippen LogP contribution in [0.5, 0.6) is 11.8 Å². The Morgan fingerprint density at radius 2 is 1.47 bits per heavy atom. The van der Waals surface area contributed by atoms with Gasteiger partial charge < -0.3 is 10.2 Å². The van der Waals surface area contributed by atoms with Gasteiger partial charge in [-0.25, -0.2) is 0 Å². The van der Waals surface area contributed by atoms with Crippen LogP contribution >= 0.6 is 15.9 Å². The summed E-state index contributed by atoms with van der Waals surface area (Å²) in [5.74, 6) is 0.851. The molecule has 0 fully saturated rings. The van der Waals surface area contributed by atoms with Gasteiger partial charge in [-0.1, -0.05) is 28.1 Å². The summed E-state index contributed by atoms with van der Waals surface area (Å²) in [5, 5.41) is 20.9. The molecular formula is C15H12BrNO2. The van der Waals surface area contributed by atoms with Crippen molar-refractivity contribution in [2.24, 2.45) is 0 Å². The zero-order chi connectivity index (χ0) is 13.1. The summed E-state index contributed by atoms with van der Waals surface area (Å²) in [6.45, 7) is 0. The SMILES string of the molecule is Oc1c2c(c(O)n1-c1ccc(Br)cc1)C1C=CC2C1. The molecule has 3 nitrogen and oxygen atoms in total. The largest absolute Gasteiger partial charge is 0.494 e. The van der Waals surface area contributed by atoms with Crippen molar-refractivity contribution in [3.05, 3.63) is 52.0 Å². The van der Waals surface area contributed by atoms with Crippen LogP contribution in [0.2, 0.25) is 0 Å². The van der Waals surface area contributed by atoms with E-state index in [0.717, 1.165) is 27.7 Å². The molecule has 0 saturated heterocycles. The summed E-state index contributed by atoms with van der Waals surface area (Å²) in [4.78, 5) is 0. The van der Waals surface area contributed by atoms with E-state index in [1.807, 2.05) is 24.3 Å². The summed E-state index contributed by atoms with van der Waals surface area (Å²) in [6.07, 6.45) is 5.23. The molecular weight excluding hydrogens is 306 g/mol.